The Balaban J connectivity index is 1.55. The van der Waals surface area contributed by atoms with E-state index in [-0.39, 0.29) is 18.4 Å². The minimum atomic E-state index is -0.968. The van der Waals surface area contributed by atoms with E-state index in [0.29, 0.717) is 31.8 Å². The van der Waals surface area contributed by atoms with Gasteiger partial charge in [0.2, 0.25) is 11.8 Å². The first kappa shape index (κ1) is 23.7. The molecule has 1 saturated heterocycles. The monoisotopic (exact) mass is 434 g/mol. The summed E-state index contributed by atoms with van der Waals surface area (Å²) in [6, 6.07) is -0.984. The molecule has 0 aromatic rings. The molecule has 8 nitrogen and oxygen atoms in total. The molecule has 2 fully saturated rings. The number of hydrogen-bond acceptors (Lipinski definition) is 5. The van der Waals surface area contributed by atoms with Crippen molar-refractivity contribution in [2.45, 2.75) is 76.3 Å². The van der Waals surface area contributed by atoms with Gasteiger partial charge in [0.15, 0.2) is 0 Å². The predicted molar refractivity (Wildman–Crippen MR) is 119 cm³/mol. The summed E-state index contributed by atoms with van der Waals surface area (Å²) >= 11 is 0. The molecule has 4 N–H and O–H groups in total. The van der Waals surface area contributed by atoms with Gasteiger partial charge in [0.1, 0.15) is 6.04 Å². The van der Waals surface area contributed by atoms with Crippen molar-refractivity contribution in [3.05, 3.63) is 11.6 Å². The van der Waals surface area contributed by atoms with Crippen molar-refractivity contribution >= 4 is 17.8 Å². The van der Waals surface area contributed by atoms with Crippen LogP contribution in [0.2, 0.25) is 0 Å². The summed E-state index contributed by atoms with van der Waals surface area (Å²) in [5.74, 6) is -0.734. The SMILES string of the molecule is O=C(O)CN[C@H](CC1CCCCC1)C(=O)N1CCC[C@H]1C(=O)NCCC1=CCNCC1. The second kappa shape index (κ2) is 12.2. The Morgan fingerprint density at radius 1 is 1.16 bits per heavy atom. The molecule has 0 unspecified atom stereocenters. The third-order valence-corrected chi connectivity index (χ3v) is 6.83. The summed E-state index contributed by atoms with van der Waals surface area (Å²) in [7, 11) is 0. The zero-order chi connectivity index (χ0) is 22.1. The van der Waals surface area contributed by atoms with E-state index in [4.69, 9.17) is 5.11 Å². The van der Waals surface area contributed by atoms with Gasteiger partial charge in [0.05, 0.1) is 12.6 Å². The molecule has 8 heteroatoms. The highest BCUT2D eigenvalue weighted by Gasteiger charge is 2.37. The minimum Gasteiger partial charge on any atom is -0.480 e. The van der Waals surface area contributed by atoms with Crippen LogP contribution in [-0.2, 0) is 14.4 Å². The zero-order valence-corrected chi connectivity index (χ0v) is 18.5. The van der Waals surface area contributed by atoms with E-state index in [0.717, 1.165) is 45.2 Å². The van der Waals surface area contributed by atoms with Gasteiger partial charge in [0, 0.05) is 19.6 Å². The van der Waals surface area contributed by atoms with Crippen LogP contribution in [0.15, 0.2) is 11.6 Å². The smallest absolute Gasteiger partial charge is 0.317 e. The average Bonchev–Trinajstić information content (AvgIpc) is 3.27. The molecular weight excluding hydrogens is 396 g/mol. The van der Waals surface area contributed by atoms with Crippen molar-refractivity contribution < 1.29 is 19.5 Å². The van der Waals surface area contributed by atoms with Crippen LogP contribution >= 0.6 is 0 Å². The van der Waals surface area contributed by atoms with Crippen molar-refractivity contribution in [3.8, 4) is 0 Å². The number of carboxylic acid groups (broad SMARTS) is 1. The van der Waals surface area contributed by atoms with Crippen LogP contribution in [0.3, 0.4) is 0 Å². The van der Waals surface area contributed by atoms with Crippen molar-refractivity contribution in [2.24, 2.45) is 5.92 Å². The number of rotatable bonds is 10. The Kier molecular flexibility index (Phi) is 9.33. The summed E-state index contributed by atoms with van der Waals surface area (Å²) in [6.45, 7) is 2.78. The van der Waals surface area contributed by atoms with Gasteiger partial charge in [0.25, 0.3) is 0 Å². The average molecular weight is 435 g/mol. The number of nitrogens with zero attached hydrogens (tertiary/aromatic N) is 1. The van der Waals surface area contributed by atoms with E-state index >= 15 is 0 Å². The second-order valence-electron chi connectivity index (χ2n) is 9.11. The van der Waals surface area contributed by atoms with Crippen LogP contribution < -0.4 is 16.0 Å². The van der Waals surface area contributed by atoms with Crippen LogP contribution in [0.25, 0.3) is 0 Å². The van der Waals surface area contributed by atoms with Gasteiger partial charge in [-0.1, -0.05) is 43.8 Å². The lowest BCUT2D eigenvalue weighted by Gasteiger charge is -2.31. The van der Waals surface area contributed by atoms with Crippen molar-refractivity contribution in [3.63, 3.8) is 0 Å². The Bertz CT molecular complexity index is 660. The first-order valence-electron chi connectivity index (χ1n) is 12.0. The maximum atomic E-state index is 13.3. The maximum Gasteiger partial charge on any atom is 0.317 e. The third kappa shape index (κ3) is 7.31. The van der Waals surface area contributed by atoms with Crippen molar-refractivity contribution in [1.29, 1.82) is 0 Å². The largest absolute Gasteiger partial charge is 0.480 e. The van der Waals surface area contributed by atoms with E-state index in [9.17, 15) is 14.4 Å². The first-order valence-corrected chi connectivity index (χ1v) is 12.0. The Hall–Kier alpha value is -1.93. The van der Waals surface area contributed by atoms with E-state index < -0.39 is 18.1 Å². The van der Waals surface area contributed by atoms with Crippen LogP contribution in [0.1, 0.15) is 64.2 Å². The van der Waals surface area contributed by atoms with E-state index in [1.54, 1.807) is 4.90 Å². The number of carbonyl (C=O) groups excluding carboxylic acids is 2. The topological polar surface area (TPSA) is 111 Å². The van der Waals surface area contributed by atoms with Crippen molar-refractivity contribution in [2.75, 3.05) is 32.7 Å². The molecule has 2 heterocycles. The Morgan fingerprint density at radius 3 is 2.68 bits per heavy atom. The predicted octanol–water partition coefficient (Wildman–Crippen LogP) is 1.42. The van der Waals surface area contributed by atoms with Crippen LogP contribution in [-0.4, -0.2) is 72.6 Å². The number of aliphatic carboxylic acids is 1. The van der Waals surface area contributed by atoms with Gasteiger partial charge < -0.3 is 20.6 Å². The highest BCUT2D eigenvalue weighted by molar-refractivity contribution is 5.90. The zero-order valence-electron chi connectivity index (χ0n) is 18.5. The molecule has 0 aromatic heterocycles. The van der Waals surface area contributed by atoms with E-state index in [2.05, 4.69) is 22.0 Å². The molecule has 1 saturated carbocycles. The summed E-state index contributed by atoms with van der Waals surface area (Å²) in [4.78, 5) is 39.0. The molecule has 2 amide bonds. The molecule has 3 aliphatic rings. The van der Waals surface area contributed by atoms with Crippen LogP contribution in [0.4, 0.5) is 0 Å². The Morgan fingerprint density at radius 2 is 1.97 bits per heavy atom. The summed E-state index contributed by atoms with van der Waals surface area (Å²) in [5.41, 5.74) is 1.36. The molecule has 0 bridgehead atoms. The van der Waals surface area contributed by atoms with Crippen molar-refractivity contribution in [1.82, 2.24) is 20.9 Å². The molecule has 0 aromatic carbocycles. The first-order chi connectivity index (χ1) is 15.0. The molecule has 0 radical (unpaired) electrons. The summed E-state index contributed by atoms with van der Waals surface area (Å²) < 4.78 is 0. The van der Waals surface area contributed by atoms with Gasteiger partial charge in [-0.25, -0.2) is 0 Å². The lowest BCUT2D eigenvalue weighted by Crippen LogP contribution is -2.53. The number of nitrogens with one attached hydrogen (secondary N) is 3. The number of carbonyl (C=O) groups is 3. The molecular formula is C23H38N4O4. The van der Waals surface area contributed by atoms with Gasteiger partial charge in [-0.15, -0.1) is 0 Å². The van der Waals surface area contributed by atoms with Gasteiger partial charge in [-0.3, -0.25) is 19.7 Å². The number of carboxylic acids is 1. The van der Waals surface area contributed by atoms with Crippen LogP contribution in [0, 0.1) is 5.92 Å². The van der Waals surface area contributed by atoms with Gasteiger partial charge in [-0.05, 0) is 44.6 Å². The lowest BCUT2D eigenvalue weighted by molar-refractivity contribution is -0.141. The fourth-order valence-corrected chi connectivity index (χ4v) is 5.10. The van der Waals surface area contributed by atoms with E-state index in [1.165, 1.54) is 24.8 Å². The van der Waals surface area contributed by atoms with Gasteiger partial charge >= 0.3 is 5.97 Å². The maximum absolute atomic E-state index is 13.3. The molecule has 31 heavy (non-hydrogen) atoms. The second-order valence-corrected chi connectivity index (χ2v) is 9.11. The highest BCUT2D eigenvalue weighted by atomic mass is 16.4. The highest BCUT2D eigenvalue weighted by Crippen LogP contribution is 2.29. The van der Waals surface area contributed by atoms with Crippen LogP contribution in [0.5, 0.6) is 0 Å². The molecule has 3 rings (SSSR count). The lowest BCUT2D eigenvalue weighted by atomic mass is 9.84. The molecule has 1 aliphatic carbocycles. The minimum absolute atomic E-state index is 0.0879. The molecule has 2 atom stereocenters. The van der Waals surface area contributed by atoms with Gasteiger partial charge in [-0.2, -0.15) is 0 Å². The third-order valence-electron chi connectivity index (χ3n) is 6.83. The van der Waals surface area contributed by atoms with E-state index in [1.807, 2.05) is 0 Å². The Labute approximate surface area is 185 Å². The summed E-state index contributed by atoms with van der Waals surface area (Å²) in [5, 5.41) is 18.4. The quantitative estimate of drug-likeness (QED) is 0.387. The fourth-order valence-electron chi connectivity index (χ4n) is 5.10. The number of hydrogen-bond donors (Lipinski definition) is 4. The number of amides is 2. The number of likely N-dealkylation sites (tertiary alicyclic amines) is 1. The fraction of sp³-hybridized carbons (Fsp3) is 0.783. The molecule has 2 aliphatic heterocycles. The molecule has 174 valence electrons. The standard InChI is InChI=1S/C23H38N4O4/c28-21(29)16-26-19(15-18-5-2-1-3-6-18)23(31)27-14-4-7-20(27)22(30)25-13-10-17-8-11-24-12-9-17/h8,18-20,24,26H,1-7,9-16H2,(H,25,30)(H,28,29)/t19-,20+/m1/s1. The summed E-state index contributed by atoms with van der Waals surface area (Å²) in [6.07, 6.45) is 11.9. The molecule has 0 spiro atoms. The normalized spacial score (nSPS) is 23.3.